The molecule has 39 heavy (non-hydrogen) atoms. The predicted molar refractivity (Wildman–Crippen MR) is 161 cm³/mol. The van der Waals surface area contributed by atoms with E-state index < -0.39 is 11.6 Å². The molecule has 6 heteroatoms. The lowest BCUT2D eigenvalue weighted by Gasteiger charge is -2.33. The molecule has 0 aliphatic carbocycles. The number of carbonyl (C=O) groups is 2. The molecule has 0 fully saturated rings. The second-order valence-corrected chi connectivity index (χ2v) is 11.6. The zero-order chi connectivity index (χ0) is 28.0. The van der Waals surface area contributed by atoms with E-state index in [0.29, 0.717) is 12.2 Å². The Balaban J connectivity index is 1.65. The van der Waals surface area contributed by atoms with E-state index in [2.05, 4.69) is 21.2 Å². The molecule has 4 rings (SSSR count). The first-order valence-electron chi connectivity index (χ1n) is 13.1. The second-order valence-electron chi connectivity index (χ2n) is 10.8. The van der Waals surface area contributed by atoms with Crippen LogP contribution < -0.4 is 10.1 Å². The van der Waals surface area contributed by atoms with E-state index in [1.54, 1.807) is 4.90 Å². The fourth-order valence-electron chi connectivity index (χ4n) is 4.44. The van der Waals surface area contributed by atoms with Gasteiger partial charge in [0, 0.05) is 18.5 Å². The number of aryl methyl sites for hydroxylation is 1. The lowest BCUT2D eigenvalue weighted by Crippen LogP contribution is -2.55. The number of nitrogens with one attached hydrogen (secondary N) is 1. The number of amides is 2. The van der Waals surface area contributed by atoms with Crippen molar-refractivity contribution in [3.8, 4) is 5.75 Å². The number of carbonyl (C=O) groups excluding carboxylic acids is 2. The molecule has 1 N–H and O–H groups in total. The minimum Gasteiger partial charge on any atom is -0.483 e. The standard InChI is InChI=1S/C33H35BrN2O3/c1-23-14-16-25(17-15-23)21-36(28(32(38)35-33(2,3)4)20-24-10-6-5-7-11-24)30(37)22-39-29-19-18-26-12-8-9-13-27(26)31(29)34/h5-19,28H,20-22H2,1-4H3,(H,35,38). The molecule has 0 bridgehead atoms. The van der Waals surface area contributed by atoms with Gasteiger partial charge in [0.25, 0.3) is 5.91 Å². The first-order chi connectivity index (χ1) is 18.6. The Kier molecular flexibility index (Phi) is 9.08. The molecule has 2 amide bonds. The van der Waals surface area contributed by atoms with Crippen molar-refractivity contribution < 1.29 is 14.3 Å². The molecule has 0 heterocycles. The van der Waals surface area contributed by atoms with Crippen molar-refractivity contribution >= 4 is 38.5 Å². The number of rotatable bonds is 9. The van der Waals surface area contributed by atoms with Gasteiger partial charge in [0.15, 0.2) is 6.61 Å². The Hall–Kier alpha value is -3.64. The maximum absolute atomic E-state index is 13.9. The van der Waals surface area contributed by atoms with Crippen LogP contribution in [0, 0.1) is 6.92 Å². The van der Waals surface area contributed by atoms with Gasteiger partial charge in [0.2, 0.25) is 5.91 Å². The normalized spacial score (nSPS) is 12.1. The van der Waals surface area contributed by atoms with Crippen molar-refractivity contribution in [2.45, 2.75) is 52.2 Å². The summed E-state index contributed by atoms with van der Waals surface area (Å²) in [5, 5.41) is 5.17. The molecule has 0 radical (unpaired) electrons. The molecule has 1 atom stereocenters. The van der Waals surface area contributed by atoms with Gasteiger partial charge >= 0.3 is 0 Å². The first-order valence-corrected chi connectivity index (χ1v) is 13.9. The number of ether oxygens (including phenoxy) is 1. The van der Waals surface area contributed by atoms with Crippen molar-refractivity contribution in [2.75, 3.05) is 6.61 Å². The number of hydrogen-bond acceptors (Lipinski definition) is 3. The smallest absolute Gasteiger partial charge is 0.261 e. The Labute approximate surface area is 239 Å². The van der Waals surface area contributed by atoms with Crippen molar-refractivity contribution in [2.24, 2.45) is 0 Å². The van der Waals surface area contributed by atoms with Crippen LogP contribution in [0.3, 0.4) is 0 Å². The summed E-state index contributed by atoms with van der Waals surface area (Å²) in [7, 11) is 0. The molecule has 4 aromatic rings. The van der Waals surface area contributed by atoms with Crippen LogP contribution >= 0.6 is 15.9 Å². The number of benzene rings is 4. The van der Waals surface area contributed by atoms with Crippen LogP contribution in [0.25, 0.3) is 10.8 Å². The number of halogens is 1. The van der Waals surface area contributed by atoms with Crippen molar-refractivity contribution in [1.82, 2.24) is 10.2 Å². The average molecular weight is 588 g/mol. The highest BCUT2D eigenvalue weighted by molar-refractivity contribution is 9.10. The SMILES string of the molecule is Cc1ccc(CN(C(=O)COc2ccc3ccccc3c2Br)C(Cc2ccccc2)C(=O)NC(C)(C)C)cc1. The van der Waals surface area contributed by atoms with Gasteiger partial charge in [0.05, 0.1) is 4.47 Å². The van der Waals surface area contributed by atoms with Crippen LogP contribution in [0.2, 0.25) is 0 Å². The van der Waals surface area contributed by atoms with Gasteiger partial charge in [-0.3, -0.25) is 9.59 Å². The third-order valence-corrected chi connectivity index (χ3v) is 7.24. The summed E-state index contributed by atoms with van der Waals surface area (Å²) in [5.74, 6) is 0.121. The fourth-order valence-corrected chi connectivity index (χ4v) is 5.05. The number of fused-ring (bicyclic) bond motifs is 1. The van der Waals surface area contributed by atoms with Crippen molar-refractivity contribution in [3.05, 3.63) is 112 Å². The van der Waals surface area contributed by atoms with Crippen molar-refractivity contribution in [1.29, 1.82) is 0 Å². The van der Waals surface area contributed by atoms with Gasteiger partial charge in [-0.2, -0.15) is 0 Å². The molecule has 202 valence electrons. The number of nitrogens with zero attached hydrogens (tertiary/aromatic N) is 1. The molecule has 0 saturated carbocycles. The molecule has 0 aromatic heterocycles. The van der Waals surface area contributed by atoms with Crippen LogP contribution in [0.5, 0.6) is 5.75 Å². The third kappa shape index (κ3) is 7.70. The highest BCUT2D eigenvalue weighted by atomic mass is 79.9. The summed E-state index contributed by atoms with van der Waals surface area (Å²) < 4.78 is 6.85. The predicted octanol–water partition coefficient (Wildman–Crippen LogP) is 6.84. The van der Waals surface area contributed by atoms with Crippen LogP contribution in [-0.2, 0) is 22.6 Å². The van der Waals surface area contributed by atoms with Crippen LogP contribution in [0.15, 0.2) is 95.5 Å². The van der Waals surface area contributed by atoms with Gasteiger partial charge in [-0.15, -0.1) is 0 Å². The molecular weight excluding hydrogens is 552 g/mol. The van der Waals surface area contributed by atoms with Crippen LogP contribution in [0.4, 0.5) is 0 Å². The van der Waals surface area contributed by atoms with E-state index in [-0.39, 0.29) is 25.0 Å². The van der Waals surface area contributed by atoms with E-state index in [9.17, 15) is 9.59 Å². The van der Waals surface area contributed by atoms with E-state index >= 15 is 0 Å². The minimum atomic E-state index is -0.718. The molecular formula is C33H35BrN2O3. The maximum atomic E-state index is 13.9. The summed E-state index contributed by atoms with van der Waals surface area (Å²) in [6, 6.07) is 28.9. The van der Waals surface area contributed by atoms with Gasteiger partial charge in [-0.1, -0.05) is 90.5 Å². The molecule has 0 saturated heterocycles. The van der Waals surface area contributed by atoms with Gasteiger partial charge < -0.3 is 15.0 Å². The van der Waals surface area contributed by atoms with E-state index in [4.69, 9.17) is 4.74 Å². The highest BCUT2D eigenvalue weighted by Gasteiger charge is 2.32. The third-order valence-electron chi connectivity index (χ3n) is 6.42. The van der Waals surface area contributed by atoms with Gasteiger partial charge in [0.1, 0.15) is 11.8 Å². The first kappa shape index (κ1) is 28.4. The summed E-state index contributed by atoms with van der Waals surface area (Å²) in [4.78, 5) is 29.2. The lowest BCUT2D eigenvalue weighted by molar-refractivity contribution is -0.143. The molecule has 5 nitrogen and oxygen atoms in total. The molecule has 4 aromatic carbocycles. The Morgan fingerprint density at radius 3 is 2.23 bits per heavy atom. The zero-order valence-electron chi connectivity index (χ0n) is 22.9. The Bertz CT molecular complexity index is 1430. The van der Waals surface area contributed by atoms with Crippen molar-refractivity contribution in [3.63, 3.8) is 0 Å². The molecule has 0 aliphatic rings. The van der Waals surface area contributed by atoms with Gasteiger partial charge in [-0.05, 0) is 71.6 Å². The van der Waals surface area contributed by atoms with Crippen LogP contribution in [-0.4, -0.2) is 34.9 Å². The molecule has 0 spiro atoms. The van der Waals surface area contributed by atoms with E-state index in [1.165, 1.54) is 0 Å². The summed E-state index contributed by atoms with van der Waals surface area (Å²) in [5.41, 5.74) is 2.61. The minimum absolute atomic E-state index is 0.196. The fraction of sp³-hybridized carbons (Fsp3) is 0.273. The summed E-state index contributed by atoms with van der Waals surface area (Å²) >= 11 is 3.64. The summed E-state index contributed by atoms with van der Waals surface area (Å²) in [6.45, 7) is 7.94. The second kappa shape index (κ2) is 12.5. The highest BCUT2D eigenvalue weighted by Crippen LogP contribution is 2.33. The Morgan fingerprint density at radius 1 is 0.872 bits per heavy atom. The molecule has 1 unspecified atom stereocenters. The number of hydrogen-bond donors (Lipinski definition) is 1. The summed E-state index contributed by atoms with van der Waals surface area (Å²) in [6.07, 6.45) is 0.389. The Morgan fingerprint density at radius 2 is 1.54 bits per heavy atom. The van der Waals surface area contributed by atoms with Crippen LogP contribution in [0.1, 0.15) is 37.5 Å². The topological polar surface area (TPSA) is 58.6 Å². The van der Waals surface area contributed by atoms with E-state index in [1.807, 2.05) is 119 Å². The average Bonchev–Trinajstić information content (AvgIpc) is 2.91. The quantitative estimate of drug-likeness (QED) is 0.233. The largest absolute Gasteiger partial charge is 0.483 e. The monoisotopic (exact) mass is 586 g/mol. The maximum Gasteiger partial charge on any atom is 0.261 e. The zero-order valence-corrected chi connectivity index (χ0v) is 24.5. The lowest BCUT2D eigenvalue weighted by atomic mass is 10.0. The van der Waals surface area contributed by atoms with Gasteiger partial charge in [-0.25, -0.2) is 0 Å². The van der Waals surface area contributed by atoms with E-state index in [0.717, 1.165) is 31.9 Å². The molecule has 0 aliphatic heterocycles.